The second kappa shape index (κ2) is 10.5. The van der Waals surface area contributed by atoms with Crippen LogP contribution in [-0.4, -0.2) is 54.3 Å². The summed E-state index contributed by atoms with van der Waals surface area (Å²) in [6.07, 6.45) is 1.23. The molecule has 37 heavy (non-hydrogen) atoms. The van der Waals surface area contributed by atoms with Crippen LogP contribution in [0.2, 0.25) is 0 Å². The molecule has 8 heteroatoms. The molecular weight excluding hydrogens is 476 g/mol. The SMILES string of the molecule is CN[C@@H](C)c1ccc(C(=O)N2C[C@@H](c3ccc(F)cc3)C[C@H]2C(=O)N2CC[C@H](c3ccc(F)cc3)C2)o1. The van der Waals surface area contributed by atoms with E-state index in [-0.39, 0.29) is 47.1 Å². The van der Waals surface area contributed by atoms with Crippen molar-refractivity contribution in [3.63, 3.8) is 0 Å². The number of amides is 2. The number of rotatable bonds is 6. The van der Waals surface area contributed by atoms with Crippen molar-refractivity contribution in [1.82, 2.24) is 15.1 Å². The lowest BCUT2D eigenvalue weighted by Crippen LogP contribution is -2.47. The van der Waals surface area contributed by atoms with E-state index in [2.05, 4.69) is 5.32 Å². The number of halogens is 2. The number of benzene rings is 2. The van der Waals surface area contributed by atoms with E-state index in [9.17, 15) is 18.4 Å². The number of carbonyl (C=O) groups excluding carboxylic acids is 2. The Labute approximate surface area is 215 Å². The summed E-state index contributed by atoms with van der Waals surface area (Å²) in [5, 5.41) is 3.09. The fraction of sp³-hybridized carbons (Fsp3) is 0.379. The smallest absolute Gasteiger partial charge is 0.290 e. The van der Waals surface area contributed by atoms with Crippen LogP contribution in [0.4, 0.5) is 8.78 Å². The lowest BCUT2D eigenvalue weighted by molar-refractivity contribution is -0.134. The average Bonchev–Trinajstić information content (AvgIpc) is 3.68. The Morgan fingerprint density at radius 1 is 0.919 bits per heavy atom. The van der Waals surface area contributed by atoms with E-state index >= 15 is 0 Å². The lowest BCUT2D eigenvalue weighted by Gasteiger charge is -2.27. The van der Waals surface area contributed by atoms with Crippen LogP contribution in [0.3, 0.4) is 0 Å². The van der Waals surface area contributed by atoms with Gasteiger partial charge in [-0.25, -0.2) is 8.78 Å². The van der Waals surface area contributed by atoms with Crippen LogP contribution >= 0.6 is 0 Å². The monoisotopic (exact) mass is 507 g/mol. The normalized spacial score (nSPS) is 22.4. The quantitative estimate of drug-likeness (QED) is 0.518. The van der Waals surface area contributed by atoms with Crippen molar-refractivity contribution >= 4 is 11.8 Å². The van der Waals surface area contributed by atoms with Crippen LogP contribution < -0.4 is 5.32 Å². The van der Waals surface area contributed by atoms with Gasteiger partial charge in [-0.05, 0) is 74.3 Å². The van der Waals surface area contributed by atoms with E-state index in [1.54, 1.807) is 41.3 Å². The highest BCUT2D eigenvalue weighted by Gasteiger charge is 2.44. The Morgan fingerprint density at radius 2 is 1.54 bits per heavy atom. The summed E-state index contributed by atoms with van der Waals surface area (Å²) >= 11 is 0. The molecule has 2 aliphatic rings. The number of furan rings is 1. The molecule has 2 aliphatic heterocycles. The fourth-order valence-electron chi connectivity index (χ4n) is 5.43. The third-order valence-electron chi connectivity index (χ3n) is 7.73. The fourth-order valence-corrected chi connectivity index (χ4v) is 5.43. The van der Waals surface area contributed by atoms with Gasteiger partial charge in [0.2, 0.25) is 5.91 Å². The van der Waals surface area contributed by atoms with Crippen LogP contribution in [-0.2, 0) is 4.79 Å². The summed E-state index contributed by atoms with van der Waals surface area (Å²) in [7, 11) is 1.81. The predicted molar refractivity (Wildman–Crippen MR) is 135 cm³/mol. The molecule has 0 aliphatic carbocycles. The third-order valence-corrected chi connectivity index (χ3v) is 7.73. The Balaban J connectivity index is 1.37. The van der Waals surface area contributed by atoms with Gasteiger partial charge in [0.25, 0.3) is 5.91 Å². The molecule has 5 rings (SSSR count). The molecule has 1 aromatic heterocycles. The number of likely N-dealkylation sites (tertiary alicyclic amines) is 2. The number of hydrogen-bond acceptors (Lipinski definition) is 4. The zero-order valence-corrected chi connectivity index (χ0v) is 21.0. The first-order valence-corrected chi connectivity index (χ1v) is 12.7. The van der Waals surface area contributed by atoms with Crippen LogP contribution in [0.5, 0.6) is 0 Å². The van der Waals surface area contributed by atoms with E-state index < -0.39 is 6.04 Å². The van der Waals surface area contributed by atoms with E-state index in [4.69, 9.17) is 4.42 Å². The van der Waals surface area contributed by atoms with Crippen molar-refractivity contribution in [2.75, 3.05) is 26.7 Å². The number of carbonyl (C=O) groups is 2. The van der Waals surface area contributed by atoms with Gasteiger partial charge in [0.15, 0.2) is 5.76 Å². The van der Waals surface area contributed by atoms with Gasteiger partial charge in [-0.15, -0.1) is 0 Å². The number of hydrogen-bond donors (Lipinski definition) is 1. The highest BCUT2D eigenvalue weighted by Crippen LogP contribution is 2.36. The van der Waals surface area contributed by atoms with E-state index in [1.807, 2.05) is 18.9 Å². The molecule has 6 nitrogen and oxygen atoms in total. The largest absolute Gasteiger partial charge is 0.454 e. The molecule has 2 amide bonds. The highest BCUT2D eigenvalue weighted by molar-refractivity contribution is 5.96. The van der Waals surface area contributed by atoms with Gasteiger partial charge in [-0.1, -0.05) is 24.3 Å². The second-order valence-corrected chi connectivity index (χ2v) is 9.99. The maximum Gasteiger partial charge on any atom is 0.290 e. The summed E-state index contributed by atoms with van der Waals surface area (Å²) in [5.74, 6) is -0.173. The molecule has 2 saturated heterocycles. The van der Waals surface area contributed by atoms with Crippen molar-refractivity contribution < 1.29 is 22.8 Å². The van der Waals surface area contributed by atoms with E-state index in [1.165, 1.54) is 24.3 Å². The molecule has 1 N–H and O–H groups in total. The molecule has 4 atom stereocenters. The van der Waals surface area contributed by atoms with Crippen LogP contribution in [0.1, 0.15) is 65.1 Å². The number of nitrogens with one attached hydrogen (secondary N) is 1. The standard InChI is InChI=1S/C29H31F2N3O3/c1-18(32-2)26-11-12-27(37-26)29(36)34-17-22(20-5-9-24(31)10-6-20)15-25(34)28(35)33-14-13-21(16-33)19-3-7-23(30)8-4-19/h3-12,18,21-22,25,32H,13-17H2,1-2H3/t18-,21-,22-,25-/m0/s1. The van der Waals surface area contributed by atoms with E-state index in [0.29, 0.717) is 31.8 Å². The van der Waals surface area contributed by atoms with Crippen molar-refractivity contribution in [3.8, 4) is 0 Å². The van der Waals surface area contributed by atoms with Crippen molar-refractivity contribution in [3.05, 3.63) is 94.9 Å². The molecule has 2 fully saturated rings. The molecule has 0 radical (unpaired) electrons. The Bertz CT molecular complexity index is 1260. The van der Waals surface area contributed by atoms with Gasteiger partial charge >= 0.3 is 0 Å². The number of nitrogens with zero attached hydrogens (tertiary/aromatic N) is 2. The van der Waals surface area contributed by atoms with Gasteiger partial charge < -0.3 is 19.5 Å². The van der Waals surface area contributed by atoms with Crippen LogP contribution in [0.25, 0.3) is 0 Å². The molecular formula is C29H31F2N3O3. The maximum absolute atomic E-state index is 13.8. The lowest BCUT2D eigenvalue weighted by atomic mass is 9.96. The minimum Gasteiger partial charge on any atom is -0.454 e. The predicted octanol–water partition coefficient (Wildman–Crippen LogP) is 4.85. The highest BCUT2D eigenvalue weighted by atomic mass is 19.1. The summed E-state index contributed by atoms with van der Waals surface area (Å²) in [4.78, 5) is 30.8. The summed E-state index contributed by atoms with van der Waals surface area (Å²) in [6.45, 7) is 3.37. The average molecular weight is 508 g/mol. The summed E-state index contributed by atoms with van der Waals surface area (Å²) < 4.78 is 32.8. The molecule has 194 valence electrons. The first kappa shape index (κ1) is 25.1. The molecule has 0 unspecified atom stereocenters. The third kappa shape index (κ3) is 5.16. The van der Waals surface area contributed by atoms with E-state index in [0.717, 1.165) is 17.5 Å². The molecule has 3 aromatic rings. The van der Waals surface area contributed by atoms with Gasteiger partial charge in [0.05, 0.1) is 6.04 Å². The van der Waals surface area contributed by atoms with Crippen molar-refractivity contribution in [2.45, 2.75) is 43.7 Å². The molecule has 0 spiro atoms. The first-order valence-electron chi connectivity index (χ1n) is 12.7. The summed E-state index contributed by atoms with van der Waals surface area (Å²) in [6, 6.07) is 15.4. The van der Waals surface area contributed by atoms with Gasteiger partial charge in [-0.3, -0.25) is 9.59 Å². The molecule has 3 heterocycles. The second-order valence-electron chi connectivity index (χ2n) is 9.99. The molecule has 0 saturated carbocycles. The molecule has 0 bridgehead atoms. The zero-order valence-electron chi connectivity index (χ0n) is 21.0. The van der Waals surface area contributed by atoms with Crippen molar-refractivity contribution in [2.24, 2.45) is 0 Å². The summed E-state index contributed by atoms with van der Waals surface area (Å²) in [5.41, 5.74) is 1.89. The minimum atomic E-state index is -0.648. The van der Waals surface area contributed by atoms with Crippen LogP contribution in [0.15, 0.2) is 65.1 Å². The van der Waals surface area contributed by atoms with Gasteiger partial charge in [0, 0.05) is 31.5 Å². The van der Waals surface area contributed by atoms with Crippen molar-refractivity contribution in [1.29, 1.82) is 0 Å². The molecule has 2 aromatic carbocycles. The minimum absolute atomic E-state index is 0.0579. The van der Waals surface area contributed by atoms with Crippen LogP contribution in [0, 0.1) is 11.6 Å². The maximum atomic E-state index is 13.8. The van der Waals surface area contributed by atoms with Gasteiger partial charge in [0.1, 0.15) is 23.4 Å². The Hall–Kier alpha value is -3.52. The zero-order chi connectivity index (χ0) is 26.1. The van der Waals surface area contributed by atoms with Gasteiger partial charge in [-0.2, -0.15) is 0 Å². The Morgan fingerprint density at radius 3 is 2.16 bits per heavy atom. The topological polar surface area (TPSA) is 65.8 Å². The Kier molecular flexibility index (Phi) is 7.11. The first-order chi connectivity index (χ1) is 17.8.